The van der Waals surface area contributed by atoms with Gasteiger partial charge in [-0.2, -0.15) is 0 Å². The van der Waals surface area contributed by atoms with Gasteiger partial charge in [0, 0.05) is 24.5 Å². The second-order valence-corrected chi connectivity index (χ2v) is 7.80. The Labute approximate surface area is 143 Å². The second-order valence-electron chi connectivity index (χ2n) is 7.80. The molecule has 0 spiro atoms. The number of rotatable bonds is 4. The molecule has 5 heteroatoms. The Morgan fingerprint density at radius 3 is 2.75 bits per heavy atom. The van der Waals surface area contributed by atoms with Crippen molar-refractivity contribution in [1.82, 2.24) is 0 Å². The highest BCUT2D eigenvalue weighted by atomic mass is 16.6. The number of ether oxygens (including phenoxy) is 2. The average Bonchev–Trinajstić information content (AvgIpc) is 2.91. The lowest BCUT2D eigenvalue weighted by Gasteiger charge is -2.46. The van der Waals surface area contributed by atoms with Gasteiger partial charge in [0.05, 0.1) is 11.5 Å². The smallest absolute Gasteiger partial charge is 0.334 e. The first-order chi connectivity index (χ1) is 11.3. The zero-order valence-corrected chi connectivity index (χ0v) is 14.8. The molecule has 5 nitrogen and oxygen atoms in total. The Morgan fingerprint density at radius 1 is 1.38 bits per heavy atom. The molecule has 1 heterocycles. The van der Waals surface area contributed by atoms with Crippen molar-refractivity contribution in [2.24, 2.45) is 17.3 Å². The maximum absolute atomic E-state index is 13.0. The number of Topliss-reactive ketones (excluding diaryl/α,β-unsaturated/α-hetero) is 1. The van der Waals surface area contributed by atoms with Crippen LogP contribution in [0.5, 0.6) is 0 Å². The summed E-state index contributed by atoms with van der Waals surface area (Å²) in [4.78, 5) is 25.0. The molecule has 0 aromatic heterocycles. The maximum atomic E-state index is 13.0. The van der Waals surface area contributed by atoms with E-state index in [9.17, 15) is 14.7 Å². The molecule has 134 valence electrons. The Morgan fingerprint density at radius 2 is 2.08 bits per heavy atom. The summed E-state index contributed by atoms with van der Waals surface area (Å²) in [6, 6.07) is 0. The van der Waals surface area contributed by atoms with Crippen molar-refractivity contribution >= 4 is 11.8 Å². The fourth-order valence-electron chi connectivity index (χ4n) is 4.97. The largest absolute Gasteiger partial charge is 0.457 e. The van der Waals surface area contributed by atoms with E-state index in [2.05, 4.69) is 13.5 Å². The van der Waals surface area contributed by atoms with E-state index in [-0.39, 0.29) is 24.0 Å². The van der Waals surface area contributed by atoms with Gasteiger partial charge in [-0.05, 0) is 32.1 Å². The summed E-state index contributed by atoms with van der Waals surface area (Å²) >= 11 is 0. The lowest BCUT2D eigenvalue weighted by Crippen LogP contribution is -2.60. The van der Waals surface area contributed by atoms with Gasteiger partial charge in [-0.1, -0.05) is 26.8 Å². The molecular formula is C19H28O5. The van der Waals surface area contributed by atoms with Crippen LogP contribution in [0.2, 0.25) is 0 Å². The SMILES string of the molecule is C=C1C(=O)O[C@@H]2[C@H]1CC[C@H](C)[C@]1(O)[C@H](OCCCC)CC(=O)[C@@]21C. The summed E-state index contributed by atoms with van der Waals surface area (Å²) in [5.74, 6) is -0.820. The van der Waals surface area contributed by atoms with Crippen molar-refractivity contribution in [3.63, 3.8) is 0 Å². The quantitative estimate of drug-likeness (QED) is 0.485. The topological polar surface area (TPSA) is 72.8 Å². The molecule has 24 heavy (non-hydrogen) atoms. The van der Waals surface area contributed by atoms with E-state index in [1.807, 2.05) is 6.92 Å². The van der Waals surface area contributed by atoms with Gasteiger partial charge in [-0.25, -0.2) is 4.79 Å². The van der Waals surface area contributed by atoms with Crippen LogP contribution in [-0.2, 0) is 19.1 Å². The molecule has 0 unspecified atom stereocenters. The zero-order valence-electron chi connectivity index (χ0n) is 14.8. The van der Waals surface area contributed by atoms with Gasteiger partial charge in [-0.15, -0.1) is 0 Å². The number of esters is 1. The Hall–Kier alpha value is -1.20. The minimum atomic E-state index is -1.32. The summed E-state index contributed by atoms with van der Waals surface area (Å²) in [6.07, 6.45) is 2.29. The van der Waals surface area contributed by atoms with Crippen molar-refractivity contribution in [1.29, 1.82) is 0 Å². The normalized spacial score (nSPS) is 44.9. The number of carbonyl (C=O) groups excluding carboxylic acids is 2. The van der Waals surface area contributed by atoms with Crippen LogP contribution < -0.4 is 0 Å². The highest BCUT2D eigenvalue weighted by molar-refractivity contribution is 5.95. The molecule has 3 fully saturated rings. The van der Waals surface area contributed by atoms with Gasteiger partial charge >= 0.3 is 5.97 Å². The Balaban J connectivity index is 2.00. The van der Waals surface area contributed by atoms with Crippen molar-refractivity contribution in [2.45, 2.75) is 70.7 Å². The molecule has 0 radical (unpaired) electrons. The van der Waals surface area contributed by atoms with Crippen LogP contribution in [0.25, 0.3) is 0 Å². The molecule has 3 rings (SSSR count). The number of ketones is 1. The molecule has 2 saturated carbocycles. The third kappa shape index (κ3) is 2.14. The molecule has 2 aliphatic carbocycles. The van der Waals surface area contributed by atoms with Crippen LogP contribution in [0.1, 0.15) is 52.9 Å². The monoisotopic (exact) mass is 336 g/mol. The van der Waals surface area contributed by atoms with E-state index < -0.39 is 29.2 Å². The number of hydrogen-bond donors (Lipinski definition) is 1. The molecule has 1 saturated heterocycles. The molecule has 0 aromatic rings. The predicted octanol–water partition coefficient (Wildman–Crippen LogP) is 2.41. The van der Waals surface area contributed by atoms with Gasteiger partial charge in [0.25, 0.3) is 0 Å². The van der Waals surface area contributed by atoms with Gasteiger partial charge < -0.3 is 14.6 Å². The highest BCUT2D eigenvalue weighted by Crippen LogP contribution is 2.59. The minimum absolute atomic E-state index is 0.0715. The van der Waals surface area contributed by atoms with E-state index in [1.165, 1.54) is 0 Å². The maximum Gasteiger partial charge on any atom is 0.334 e. The van der Waals surface area contributed by atoms with E-state index >= 15 is 0 Å². The molecular weight excluding hydrogens is 308 g/mol. The fourth-order valence-corrected chi connectivity index (χ4v) is 4.97. The molecule has 6 atom stereocenters. The number of fused-ring (bicyclic) bond motifs is 3. The Kier molecular flexibility index (Phi) is 4.37. The first-order valence-electron chi connectivity index (χ1n) is 9.05. The zero-order chi connectivity index (χ0) is 17.7. The standard InChI is InChI=1S/C19H28O5/c1-5-6-9-23-15-10-14(20)18(4)16-13(12(3)17(21)24-16)8-7-11(2)19(15,18)22/h11,13,15-16,22H,3,5-10H2,1-2,4H3/t11-,13-,15+,16+,18-,19-/m0/s1. The van der Waals surface area contributed by atoms with E-state index in [1.54, 1.807) is 6.92 Å². The molecule has 3 aliphatic rings. The first-order valence-corrected chi connectivity index (χ1v) is 9.05. The third-order valence-electron chi connectivity index (χ3n) is 6.63. The Bertz CT molecular complexity index is 570. The van der Waals surface area contributed by atoms with Crippen molar-refractivity contribution in [3.8, 4) is 0 Å². The summed E-state index contributed by atoms with van der Waals surface area (Å²) in [7, 11) is 0. The molecule has 0 bridgehead atoms. The summed E-state index contributed by atoms with van der Waals surface area (Å²) in [5.41, 5.74) is -2.03. The van der Waals surface area contributed by atoms with Crippen LogP contribution in [0, 0.1) is 17.3 Å². The molecule has 0 amide bonds. The van der Waals surface area contributed by atoms with Crippen molar-refractivity contribution < 1.29 is 24.2 Å². The van der Waals surface area contributed by atoms with Crippen LogP contribution in [-0.4, -0.2) is 41.3 Å². The van der Waals surface area contributed by atoms with E-state index in [4.69, 9.17) is 9.47 Å². The molecule has 1 N–H and O–H groups in total. The number of hydrogen-bond acceptors (Lipinski definition) is 5. The van der Waals surface area contributed by atoms with Crippen molar-refractivity contribution in [3.05, 3.63) is 12.2 Å². The van der Waals surface area contributed by atoms with Gasteiger partial charge in [0.1, 0.15) is 17.5 Å². The van der Waals surface area contributed by atoms with Crippen LogP contribution in [0.3, 0.4) is 0 Å². The lowest BCUT2D eigenvalue weighted by molar-refractivity contribution is -0.197. The molecule has 0 aromatic carbocycles. The highest BCUT2D eigenvalue weighted by Gasteiger charge is 2.72. The predicted molar refractivity (Wildman–Crippen MR) is 88.2 cm³/mol. The van der Waals surface area contributed by atoms with Crippen molar-refractivity contribution in [2.75, 3.05) is 6.61 Å². The third-order valence-corrected chi connectivity index (χ3v) is 6.63. The average molecular weight is 336 g/mol. The fraction of sp³-hybridized carbons (Fsp3) is 0.789. The van der Waals surface area contributed by atoms with Gasteiger partial charge in [-0.3, -0.25) is 4.79 Å². The summed E-state index contributed by atoms with van der Waals surface area (Å²) in [6.45, 7) is 10.2. The van der Waals surface area contributed by atoms with Crippen LogP contribution in [0.4, 0.5) is 0 Å². The number of aliphatic hydroxyl groups is 1. The van der Waals surface area contributed by atoms with Gasteiger partial charge in [0.15, 0.2) is 0 Å². The summed E-state index contributed by atoms with van der Waals surface area (Å²) < 4.78 is 11.5. The first kappa shape index (κ1) is 17.6. The lowest BCUT2D eigenvalue weighted by atomic mass is 9.64. The van der Waals surface area contributed by atoms with Gasteiger partial charge in [0.2, 0.25) is 0 Å². The number of unbranched alkanes of at least 4 members (excludes halogenated alkanes) is 1. The van der Waals surface area contributed by atoms with E-state index in [0.29, 0.717) is 25.0 Å². The minimum Gasteiger partial charge on any atom is -0.457 e. The van der Waals surface area contributed by atoms with Crippen LogP contribution >= 0.6 is 0 Å². The summed E-state index contributed by atoms with van der Waals surface area (Å²) in [5, 5.41) is 11.7. The number of carbonyl (C=O) groups is 2. The van der Waals surface area contributed by atoms with E-state index in [0.717, 1.165) is 12.8 Å². The van der Waals surface area contributed by atoms with Crippen LogP contribution in [0.15, 0.2) is 12.2 Å². The second kappa shape index (κ2) is 5.95. The molecule has 1 aliphatic heterocycles.